The van der Waals surface area contributed by atoms with Gasteiger partial charge >= 0.3 is 5.97 Å². The van der Waals surface area contributed by atoms with Crippen molar-refractivity contribution >= 4 is 17.8 Å². The molecule has 1 aliphatic heterocycles. The van der Waals surface area contributed by atoms with Crippen LogP contribution in [0.25, 0.3) is 11.5 Å². The van der Waals surface area contributed by atoms with Gasteiger partial charge in [-0.2, -0.15) is 0 Å². The standard InChI is InChI=1S/C21H16FN3O5/c1-12(19-23-24-20(30-19)13-6-8-15(22)9-7-13)29-18(27)11-25-17(26)10-14-4-2-3-5-16(14)21(25)28/h2-9,12H,10-11H2,1H3/t12-/m1/s1. The second kappa shape index (κ2) is 7.86. The molecule has 9 heteroatoms. The van der Waals surface area contributed by atoms with Gasteiger partial charge in [0.05, 0.1) is 6.42 Å². The molecule has 0 saturated heterocycles. The minimum Gasteiger partial charge on any atom is -0.451 e. The number of esters is 1. The second-order valence-electron chi connectivity index (χ2n) is 6.70. The summed E-state index contributed by atoms with van der Waals surface area (Å²) in [6.45, 7) is 1.00. The summed E-state index contributed by atoms with van der Waals surface area (Å²) < 4.78 is 23.8. The lowest BCUT2D eigenvalue weighted by Gasteiger charge is -2.26. The Morgan fingerprint density at radius 2 is 1.90 bits per heavy atom. The van der Waals surface area contributed by atoms with Gasteiger partial charge in [-0.3, -0.25) is 19.3 Å². The van der Waals surface area contributed by atoms with Crippen molar-refractivity contribution in [1.29, 1.82) is 0 Å². The largest absolute Gasteiger partial charge is 0.451 e. The fourth-order valence-corrected chi connectivity index (χ4v) is 3.08. The maximum absolute atomic E-state index is 13.0. The first-order chi connectivity index (χ1) is 14.4. The average molecular weight is 409 g/mol. The van der Waals surface area contributed by atoms with E-state index < -0.39 is 36.2 Å². The predicted molar refractivity (Wildman–Crippen MR) is 100 cm³/mol. The fourth-order valence-electron chi connectivity index (χ4n) is 3.08. The number of rotatable bonds is 5. The zero-order valence-corrected chi connectivity index (χ0v) is 15.9. The number of amides is 2. The number of carbonyl (C=O) groups excluding carboxylic acids is 3. The summed E-state index contributed by atoms with van der Waals surface area (Å²) in [5, 5.41) is 7.70. The third kappa shape index (κ3) is 3.82. The van der Waals surface area contributed by atoms with Gasteiger partial charge in [0.2, 0.25) is 11.8 Å². The maximum atomic E-state index is 13.0. The molecule has 152 valence electrons. The highest BCUT2D eigenvalue weighted by Crippen LogP contribution is 2.23. The highest BCUT2D eigenvalue weighted by atomic mass is 19.1. The SMILES string of the molecule is C[C@@H](OC(=O)CN1C(=O)Cc2ccccc2C1=O)c1nnc(-c2ccc(F)cc2)o1. The second-order valence-corrected chi connectivity index (χ2v) is 6.70. The number of halogens is 1. The summed E-state index contributed by atoms with van der Waals surface area (Å²) in [5.41, 5.74) is 1.53. The van der Waals surface area contributed by atoms with Crippen molar-refractivity contribution in [1.82, 2.24) is 15.1 Å². The molecular weight excluding hydrogens is 393 g/mol. The van der Waals surface area contributed by atoms with Crippen LogP contribution in [-0.2, 0) is 20.7 Å². The molecule has 0 radical (unpaired) electrons. The number of carbonyl (C=O) groups is 3. The van der Waals surface area contributed by atoms with Crippen molar-refractivity contribution < 1.29 is 27.9 Å². The van der Waals surface area contributed by atoms with Gasteiger partial charge in [-0.25, -0.2) is 4.39 Å². The van der Waals surface area contributed by atoms with E-state index in [1.54, 1.807) is 24.3 Å². The minimum atomic E-state index is -0.901. The van der Waals surface area contributed by atoms with Gasteiger partial charge in [0.1, 0.15) is 12.4 Å². The summed E-state index contributed by atoms with van der Waals surface area (Å²) in [6.07, 6.45) is -0.864. The van der Waals surface area contributed by atoms with E-state index in [9.17, 15) is 18.8 Å². The monoisotopic (exact) mass is 409 g/mol. The van der Waals surface area contributed by atoms with Gasteiger partial charge in [0, 0.05) is 11.1 Å². The number of nitrogens with zero attached hydrogens (tertiary/aromatic N) is 3. The van der Waals surface area contributed by atoms with E-state index in [2.05, 4.69) is 10.2 Å². The summed E-state index contributed by atoms with van der Waals surface area (Å²) in [7, 11) is 0. The van der Waals surface area contributed by atoms with E-state index in [4.69, 9.17) is 9.15 Å². The molecule has 2 heterocycles. The van der Waals surface area contributed by atoms with Gasteiger partial charge in [-0.05, 0) is 42.8 Å². The molecule has 0 aliphatic carbocycles. The van der Waals surface area contributed by atoms with Crippen LogP contribution in [0, 0.1) is 5.82 Å². The number of ether oxygens (including phenoxy) is 1. The number of aromatic nitrogens is 2. The quantitative estimate of drug-likeness (QED) is 0.471. The molecule has 0 N–H and O–H groups in total. The topological polar surface area (TPSA) is 103 Å². The van der Waals surface area contributed by atoms with Crippen LogP contribution >= 0.6 is 0 Å². The van der Waals surface area contributed by atoms with Crippen LogP contribution in [0.1, 0.15) is 34.8 Å². The normalized spacial score (nSPS) is 14.4. The Labute approximate surface area is 170 Å². The summed E-state index contributed by atoms with van der Waals surface area (Å²) in [4.78, 5) is 38.0. The highest BCUT2D eigenvalue weighted by Gasteiger charge is 2.33. The Balaban J connectivity index is 1.41. The van der Waals surface area contributed by atoms with E-state index in [1.165, 1.54) is 31.2 Å². The van der Waals surface area contributed by atoms with Crippen LogP contribution in [0.5, 0.6) is 0 Å². The molecule has 0 unspecified atom stereocenters. The molecule has 3 aromatic rings. The third-order valence-corrected chi connectivity index (χ3v) is 4.61. The van der Waals surface area contributed by atoms with Crippen molar-refractivity contribution in [2.75, 3.05) is 6.54 Å². The van der Waals surface area contributed by atoms with Gasteiger partial charge in [0.25, 0.3) is 11.8 Å². The lowest BCUT2D eigenvalue weighted by atomic mass is 9.98. The van der Waals surface area contributed by atoms with Crippen LogP contribution < -0.4 is 0 Å². The number of hydrogen-bond donors (Lipinski definition) is 0. The Bertz CT molecular complexity index is 1130. The molecule has 2 aromatic carbocycles. The lowest BCUT2D eigenvalue weighted by Crippen LogP contribution is -2.45. The van der Waals surface area contributed by atoms with Crippen LogP contribution in [0.4, 0.5) is 4.39 Å². The molecule has 0 bridgehead atoms. The molecule has 30 heavy (non-hydrogen) atoms. The average Bonchev–Trinajstić information content (AvgIpc) is 3.22. The number of benzene rings is 2. The predicted octanol–water partition coefficient (Wildman–Crippen LogP) is 2.71. The fraction of sp³-hybridized carbons (Fsp3) is 0.190. The molecule has 2 amide bonds. The first kappa shape index (κ1) is 19.4. The Hall–Kier alpha value is -3.88. The van der Waals surface area contributed by atoms with Crippen LogP contribution in [0.3, 0.4) is 0 Å². The Morgan fingerprint density at radius 1 is 1.17 bits per heavy atom. The molecule has 8 nitrogen and oxygen atoms in total. The van der Waals surface area contributed by atoms with Crippen LogP contribution in [0.2, 0.25) is 0 Å². The first-order valence-corrected chi connectivity index (χ1v) is 9.14. The molecule has 0 fully saturated rings. The first-order valence-electron chi connectivity index (χ1n) is 9.14. The maximum Gasteiger partial charge on any atom is 0.326 e. The van der Waals surface area contributed by atoms with E-state index >= 15 is 0 Å². The van der Waals surface area contributed by atoms with E-state index in [-0.39, 0.29) is 18.2 Å². The van der Waals surface area contributed by atoms with Crippen molar-refractivity contribution in [3.05, 3.63) is 71.4 Å². The van der Waals surface area contributed by atoms with Gasteiger partial charge in [0.15, 0.2) is 6.10 Å². The Morgan fingerprint density at radius 3 is 2.67 bits per heavy atom. The number of hydrogen-bond acceptors (Lipinski definition) is 7. The summed E-state index contributed by atoms with van der Waals surface area (Å²) in [5.74, 6) is -2.02. The minimum absolute atomic E-state index is 0.0318. The number of fused-ring (bicyclic) bond motifs is 1. The number of imide groups is 1. The molecule has 4 rings (SSSR count). The van der Waals surface area contributed by atoms with Crippen molar-refractivity contribution in [2.24, 2.45) is 0 Å². The lowest BCUT2D eigenvalue weighted by molar-refractivity contribution is -0.153. The molecule has 0 saturated carbocycles. The summed E-state index contributed by atoms with van der Waals surface area (Å²) >= 11 is 0. The van der Waals surface area contributed by atoms with Gasteiger partial charge < -0.3 is 9.15 Å². The Kier molecular flexibility index (Phi) is 5.09. The zero-order valence-electron chi connectivity index (χ0n) is 15.9. The van der Waals surface area contributed by atoms with Crippen molar-refractivity contribution in [3.63, 3.8) is 0 Å². The molecule has 1 aliphatic rings. The molecular formula is C21H16FN3O5. The highest BCUT2D eigenvalue weighted by molar-refractivity contribution is 6.11. The molecule has 1 atom stereocenters. The third-order valence-electron chi connectivity index (χ3n) is 4.61. The van der Waals surface area contributed by atoms with Crippen molar-refractivity contribution in [2.45, 2.75) is 19.4 Å². The van der Waals surface area contributed by atoms with Crippen LogP contribution in [-0.4, -0.2) is 39.4 Å². The molecule has 1 aromatic heterocycles. The van der Waals surface area contributed by atoms with Crippen molar-refractivity contribution in [3.8, 4) is 11.5 Å². The van der Waals surface area contributed by atoms with Crippen LogP contribution in [0.15, 0.2) is 52.9 Å². The van der Waals surface area contributed by atoms with E-state index in [0.29, 0.717) is 16.7 Å². The van der Waals surface area contributed by atoms with E-state index in [0.717, 1.165) is 4.90 Å². The summed E-state index contributed by atoms with van der Waals surface area (Å²) in [6, 6.07) is 12.2. The van der Waals surface area contributed by atoms with Gasteiger partial charge in [-0.1, -0.05) is 18.2 Å². The molecule has 0 spiro atoms. The van der Waals surface area contributed by atoms with E-state index in [1.807, 2.05) is 0 Å². The van der Waals surface area contributed by atoms with Gasteiger partial charge in [-0.15, -0.1) is 10.2 Å². The smallest absolute Gasteiger partial charge is 0.326 e. The zero-order chi connectivity index (χ0) is 21.3.